The van der Waals surface area contributed by atoms with Crippen LogP contribution in [0, 0.1) is 0 Å². The molecule has 1 aromatic rings. The number of nitrogens with one attached hydrogen (secondary N) is 1. The Morgan fingerprint density at radius 1 is 1.16 bits per heavy atom. The van der Waals surface area contributed by atoms with E-state index in [0.717, 1.165) is 12.8 Å². The van der Waals surface area contributed by atoms with Crippen LogP contribution in [-0.2, 0) is 24.2 Å². The first-order chi connectivity index (χ1) is 14.8. The molecule has 0 unspecified atom stereocenters. The number of sulfone groups is 1. The van der Waals surface area contributed by atoms with Crippen molar-refractivity contribution in [1.29, 1.82) is 0 Å². The number of nitrogens with zero attached hydrogens (tertiary/aromatic N) is 1. The average molecular weight is 455 g/mol. The lowest BCUT2D eigenvalue weighted by Crippen LogP contribution is -2.43. The third kappa shape index (κ3) is 7.86. The molecule has 1 fully saturated rings. The second-order valence-corrected chi connectivity index (χ2v) is 9.54. The Morgan fingerprint density at radius 2 is 1.87 bits per heavy atom. The minimum absolute atomic E-state index is 0.0547. The maximum Gasteiger partial charge on any atom is 0.325 e. The van der Waals surface area contributed by atoms with Crippen molar-refractivity contribution in [1.82, 2.24) is 10.2 Å². The number of carbonyl (C=O) groups is 3. The highest BCUT2D eigenvalue weighted by Crippen LogP contribution is 2.18. The third-order valence-electron chi connectivity index (χ3n) is 4.94. The normalized spacial score (nSPS) is 17.0. The topological polar surface area (TPSA) is 119 Å². The van der Waals surface area contributed by atoms with Gasteiger partial charge in [-0.2, -0.15) is 0 Å². The number of esters is 1. The average Bonchev–Trinajstić information content (AvgIpc) is 3.11. The molecule has 1 atom stereocenters. The van der Waals surface area contributed by atoms with Gasteiger partial charge in [-0.1, -0.05) is 13.3 Å². The number of hydrogen-bond acceptors (Lipinski definition) is 7. The molecule has 0 aliphatic carbocycles. The summed E-state index contributed by atoms with van der Waals surface area (Å²) in [6, 6.07) is 6.17. The fourth-order valence-electron chi connectivity index (χ4n) is 3.23. The summed E-state index contributed by atoms with van der Waals surface area (Å²) in [6.07, 6.45) is 2.36. The van der Waals surface area contributed by atoms with Gasteiger partial charge in [0.1, 0.15) is 12.3 Å². The predicted molar refractivity (Wildman–Crippen MR) is 115 cm³/mol. The smallest absolute Gasteiger partial charge is 0.325 e. The predicted octanol–water partition coefficient (Wildman–Crippen LogP) is 1.17. The van der Waals surface area contributed by atoms with Crippen molar-refractivity contribution >= 4 is 27.6 Å². The summed E-state index contributed by atoms with van der Waals surface area (Å²) in [5.41, 5.74) is 0.367. The highest BCUT2D eigenvalue weighted by atomic mass is 32.2. The van der Waals surface area contributed by atoms with Gasteiger partial charge in [0, 0.05) is 18.2 Å². The quantitative estimate of drug-likeness (QED) is 0.394. The maximum absolute atomic E-state index is 12.3. The van der Waals surface area contributed by atoms with Crippen molar-refractivity contribution in [3.8, 4) is 5.75 Å². The summed E-state index contributed by atoms with van der Waals surface area (Å²) in [4.78, 5) is 37.8. The molecule has 0 saturated carbocycles. The van der Waals surface area contributed by atoms with E-state index in [1.807, 2.05) is 0 Å². The minimum Gasteiger partial charge on any atom is -0.494 e. The van der Waals surface area contributed by atoms with Gasteiger partial charge < -0.3 is 19.7 Å². The molecule has 1 N–H and O–H groups in total. The second kappa shape index (κ2) is 11.7. The number of ether oxygens (including phenoxy) is 2. The van der Waals surface area contributed by atoms with Gasteiger partial charge in [0.05, 0.1) is 18.1 Å². The van der Waals surface area contributed by atoms with Crippen LogP contribution < -0.4 is 10.1 Å². The number of carbonyl (C=O) groups excluding carboxylic acids is 3. The first kappa shape index (κ1) is 24.6. The van der Waals surface area contributed by atoms with Crippen LogP contribution in [-0.4, -0.2) is 75.0 Å². The van der Waals surface area contributed by atoms with Gasteiger partial charge in [-0.25, -0.2) is 8.42 Å². The first-order valence-corrected chi connectivity index (χ1v) is 12.2. The van der Waals surface area contributed by atoms with Crippen molar-refractivity contribution < 1.29 is 32.3 Å². The fraction of sp³-hybridized carbons (Fsp3) is 0.571. The molecule has 2 rings (SSSR count). The molecule has 2 amide bonds. The molecule has 1 aliphatic rings. The Kier molecular flexibility index (Phi) is 9.29. The Morgan fingerprint density at radius 3 is 2.45 bits per heavy atom. The maximum atomic E-state index is 12.3. The summed E-state index contributed by atoms with van der Waals surface area (Å²) in [7, 11) is -3.13. The molecule has 9 nitrogen and oxygen atoms in total. The number of rotatable bonds is 11. The van der Waals surface area contributed by atoms with Crippen LogP contribution in [0.25, 0.3) is 0 Å². The summed E-state index contributed by atoms with van der Waals surface area (Å²) in [6.45, 7) is 3.86. The molecule has 1 aromatic carbocycles. The third-order valence-corrected chi connectivity index (χ3v) is 6.69. The van der Waals surface area contributed by atoms with Crippen molar-refractivity contribution in [2.24, 2.45) is 0 Å². The largest absolute Gasteiger partial charge is 0.494 e. The van der Waals surface area contributed by atoms with Crippen LogP contribution in [0.15, 0.2) is 24.3 Å². The Labute approximate surface area is 183 Å². The molecule has 0 spiro atoms. The molecule has 172 valence electrons. The zero-order valence-corrected chi connectivity index (χ0v) is 18.8. The molecular formula is C21H30N2O7S. The number of hydrogen-bond donors (Lipinski definition) is 1. The lowest BCUT2D eigenvalue weighted by atomic mass is 10.2. The molecule has 0 radical (unpaired) electrons. The van der Waals surface area contributed by atoms with Crippen LogP contribution >= 0.6 is 0 Å². The molecule has 1 aliphatic heterocycles. The molecule has 31 heavy (non-hydrogen) atoms. The van der Waals surface area contributed by atoms with Gasteiger partial charge in [0.15, 0.2) is 16.4 Å². The van der Waals surface area contributed by atoms with Crippen LogP contribution in [0.5, 0.6) is 5.75 Å². The van der Waals surface area contributed by atoms with Crippen molar-refractivity contribution in [3.63, 3.8) is 0 Å². The van der Waals surface area contributed by atoms with Gasteiger partial charge in [-0.3, -0.25) is 14.4 Å². The first-order valence-electron chi connectivity index (χ1n) is 10.4. The highest BCUT2D eigenvalue weighted by Gasteiger charge is 2.34. The van der Waals surface area contributed by atoms with E-state index in [1.54, 1.807) is 31.2 Å². The molecule has 1 heterocycles. The monoisotopic (exact) mass is 454 g/mol. The van der Waals surface area contributed by atoms with Crippen LogP contribution in [0.1, 0.15) is 43.5 Å². The molecular weight excluding hydrogens is 424 g/mol. The number of benzene rings is 1. The van der Waals surface area contributed by atoms with Gasteiger partial charge in [-0.15, -0.1) is 0 Å². The highest BCUT2D eigenvalue weighted by molar-refractivity contribution is 7.91. The summed E-state index contributed by atoms with van der Waals surface area (Å²) in [5.74, 6) is -1.01. The fourth-order valence-corrected chi connectivity index (χ4v) is 4.96. The molecule has 10 heteroatoms. The molecule has 0 bridgehead atoms. The van der Waals surface area contributed by atoms with E-state index in [-0.39, 0.29) is 18.1 Å². The van der Waals surface area contributed by atoms with Crippen molar-refractivity contribution in [2.45, 2.75) is 39.2 Å². The number of likely N-dealkylation sites (N-methyl/N-ethyl adjacent to an activating group) is 1. The van der Waals surface area contributed by atoms with Crippen LogP contribution in [0.3, 0.4) is 0 Å². The van der Waals surface area contributed by atoms with Gasteiger partial charge in [0.25, 0.3) is 11.8 Å². The van der Waals surface area contributed by atoms with E-state index in [0.29, 0.717) is 30.9 Å². The Balaban J connectivity index is 1.74. The lowest BCUT2D eigenvalue weighted by molar-refractivity contribution is -0.151. The lowest BCUT2D eigenvalue weighted by Gasteiger charge is -2.26. The van der Waals surface area contributed by atoms with E-state index >= 15 is 0 Å². The minimum atomic E-state index is -3.13. The van der Waals surface area contributed by atoms with Crippen molar-refractivity contribution in [3.05, 3.63) is 29.8 Å². The Bertz CT molecular complexity index is 868. The summed E-state index contributed by atoms with van der Waals surface area (Å²) < 4.78 is 33.7. The summed E-state index contributed by atoms with van der Waals surface area (Å²) >= 11 is 0. The van der Waals surface area contributed by atoms with E-state index in [2.05, 4.69) is 12.2 Å². The van der Waals surface area contributed by atoms with Crippen molar-refractivity contribution in [2.75, 3.05) is 37.8 Å². The van der Waals surface area contributed by atoms with Gasteiger partial charge in [0.2, 0.25) is 0 Å². The summed E-state index contributed by atoms with van der Waals surface area (Å²) in [5, 5.41) is 2.44. The van der Waals surface area contributed by atoms with E-state index in [1.165, 1.54) is 4.90 Å². The SMILES string of the molecule is CCCCOc1ccc(C(=O)NCC(=O)OCC(=O)N(CC)[C@@H]2CCS(=O)(=O)C2)cc1. The Hall–Kier alpha value is -2.62. The van der Waals surface area contributed by atoms with E-state index < -0.39 is 40.3 Å². The van der Waals surface area contributed by atoms with E-state index in [9.17, 15) is 22.8 Å². The molecule has 1 saturated heterocycles. The van der Waals surface area contributed by atoms with Crippen LogP contribution in [0.4, 0.5) is 0 Å². The standard InChI is InChI=1S/C21H30N2O7S/c1-3-5-11-29-18-8-6-16(7-9-18)21(26)22-13-20(25)30-14-19(24)23(4-2)17-10-12-31(27,28)15-17/h6-9,17H,3-5,10-15H2,1-2H3,(H,22,26)/t17-/m1/s1. The molecule has 0 aromatic heterocycles. The van der Waals surface area contributed by atoms with Gasteiger partial charge >= 0.3 is 5.97 Å². The second-order valence-electron chi connectivity index (χ2n) is 7.31. The number of amides is 2. The number of unbranched alkanes of at least 4 members (excludes halogenated alkanes) is 1. The van der Waals surface area contributed by atoms with Gasteiger partial charge in [-0.05, 0) is 44.0 Å². The van der Waals surface area contributed by atoms with E-state index in [4.69, 9.17) is 9.47 Å². The zero-order valence-electron chi connectivity index (χ0n) is 18.0. The van der Waals surface area contributed by atoms with Crippen LogP contribution in [0.2, 0.25) is 0 Å². The zero-order chi connectivity index (χ0) is 22.9.